The van der Waals surface area contributed by atoms with E-state index in [1.54, 1.807) is 12.2 Å². The summed E-state index contributed by atoms with van der Waals surface area (Å²) >= 11 is 11.6. The predicted octanol–water partition coefficient (Wildman–Crippen LogP) is 9.03. The van der Waals surface area contributed by atoms with E-state index in [2.05, 4.69) is 64.2 Å². The highest BCUT2D eigenvalue weighted by molar-refractivity contribution is 6.30. The monoisotopic (exact) mass is 542 g/mol. The van der Waals surface area contributed by atoms with Crippen LogP contribution in [0.1, 0.15) is 44.7 Å². The van der Waals surface area contributed by atoms with Gasteiger partial charge in [0.05, 0.1) is 6.61 Å². The lowest BCUT2D eigenvalue weighted by Crippen LogP contribution is -2.93. The maximum atomic E-state index is 6.04. The lowest BCUT2D eigenvalue weighted by atomic mass is 9.93. The number of benzene rings is 2. The molecular weight excluding hydrogens is 497 g/mol. The maximum Gasteiger partial charge on any atom is 0.112 e. The molecular formula is C33H46Cl2NO+. The van der Waals surface area contributed by atoms with Crippen LogP contribution in [0, 0.1) is 11.8 Å². The standard InChI is InChI=1S/C19H28ClNO.C6H5Cl.C6H8.C2H4/c1-4-5-15-6-11-18(16-7-9-17(20)10-8-16)21-19(14(2)3)13-22-12-15;7-6-4-2-1-3-5-6;1-3-5-6-4-2;1-2/h4,7-10,14-15,18-19,21H,1,5-6,11-13H2,2-3H3;1-5H;3-6H,1-2H2;1-2H2/p+1/b;;6-5-;/t15-,18?,19?;;;/m0.../s1. The molecule has 37 heavy (non-hydrogen) atoms. The summed E-state index contributed by atoms with van der Waals surface area (Å²) in [4.78, 5) is 0. The average Bonchev–Trinajstić information content (AvgIpc) is 3.01. The first kappa shape index (κ1) is 34.6. The van der Waals surface area contributed by atoms with Crippen molar-refractivity contribution in [3.05, 3.63) is 133 Å². The molecule has 2 unspecified atom stereocenters. The lowest BCUT2D eigenvalue weighted by molar-refractivity contribution is -0.735. The van der Waals surface area contributed by atoms with Crippen LogP contribution in [0.4, 0.5) is 0 Å². The summed E-state index contributed by atoms with van der Waals surface area (Å²) in [7, 11) is 0. The highest BCUT2D eigenvalue weighted by Gasteiger charge is 2.27. The van der Waals surface area contributed by atoms with Crippen molar-refractivity contribution in [2.75, 3.05) is 13.2 Å². The Morgan fingerprint density at radius 3 is 1.89 bits per heavy atom. The zero-order chi connectivity index (χ0) is 27.9. The molecule has 1 aliphatic rings. The SMILES string of the molecule is C=C.C=C/C=C\C=C.C=CC[C@H]1CCC(c2ccc(Cl)cc2)[NH2+]C(C(C)C)COC1.Clc1ccccc1. The van der Waals surface area contributed by atoms with Crippen LogP contribution in [0.15, 0.2) is 118 Å². The Morgan fingerprint density at radius 2 is 1.43 bits per heavy atom. The van der Waals surface area contributed by atoms with Crippen LogP contribution in [0.2, 0.25) is 10.0 Å². The third-order valence-corrected chi connectivity index (χ3v) is 6.30. The molecule has 1 heterocycles. The van der Waals surface area contributed by atoms with Crippen molar-refractivity contribution in [3.63, 3.8) is 0 Å². The van der Waals surface area contributed by atoms with E-state index in [1.165, 1.54) is 18.4 Å². The van der Waals surface area contributed by atoms with Crippen LogP contribution < -0.4 is 5.32 Å². The summed E-state index contributed by atoms with van der Waals surface area (Å²) < 4.78 is 6.00. The van der Waals surface area contributed by atoms with E-state index in [0.29, 0.717) is 23.9 Å². The van der Waals surface area contributed by atoms with Gasteiger partial charge in [0.1, 0.15) is 12.1 Å². The number of halogens is 2. The Hall–Kier alpha value is -2.36. The van der Waals surface area contributed by atoms with Gasteiger partial charge in [-0.2, -0.15) is 0 Å². The van der Waals surface area contributed by atoms with Crippen molar-refractivity contribution in [2.45, 2.75) is 45.2 Å². The number of hydrogen-bond donors (Lipinski definition) is 1. The first-order valence-corrected chi connectivity index (χ1v) is 13.6. The van der Waals surface area contributed by atoms with Crippen molar-refractivity contribution < 1.29 is 10.1 Å². The number of ether oxygens (including phenoxy) is 1. The summed E-state index contributed by atoms with van der Waals surface area (Å²) in [5.74, 6) is 1.19. The Labute approximate surface area is 236 Å². The minimum atomic E-state index is 0.485. The van der Waals surface area contributed by atoms with Gasteiger partial charge in [-0.05, 0) is 43.0 Å². The van der Waals surface area contributed by atoms with Gasteiger partial charge in [0.15, 0.2) is 0 Å². The van der Waals surface area contributed by atoms with Gasteiger partial charge in [-0.15, -0.1) is 19.7 Å². The van der Waals surface area contributed by atoms with Gasteiger partial charge >= 0.3 is 0 Å². The summed E-state index contributed by atoms with van der Waals surface area (Å²) in [6, 6.07) is 18.8. The van der Waals surface area contributed by atoms with Crippen LogP contribution in [0.5, 0.6) is 0 Å². The van der Waals surface area contributed by atoms with Crippen molar-refractivity contribution in [3.8, 4) is 0 Å². The van der Waals surface area contributed by atoms with E-state index in [0.717, 1.165) is 29.7 Å². The Bertz CT molecular complexity index is 867. The molecule has 0 bridgehead atoms. The van der Waals surface area contributed by atoms with Crippen molar-refractivity contribution in [1.82, 2.24) is 0 Å². The molecule has 4 heteroatoms. The molecule has 1 saturated heterocycles. The summed E-state index contributed by atoms with van der Waals surface area (Å²) in [5, 5.41) is 4.10. The number of allylic oxidation sites excluding steroid dienone is 5. The lowest BCUT2D eigenvalue weighted by Gasteiger charge is -2.24. The van der Waals surface area contributed by atoms with E-state index in [4.69, 9.17) is 27.9 Å². The Morgan fingerprint density at radius 1 is 0.865 bits per heavy atom. The van der Waals surface area contributed by atoms with E-state index in [-0.39, 0.29) is 0 Å². The Balaban J connectivity index is 0.000000704. The number of quaternary nitrogens is 1. The third-order valence-electron chi connectivity index (χ3n) is 5.80. The molecule has 0 aromatic heterocycles. The number of hydrogen-bond acceptors (Lipinski definition) is 1. The molecule has 3 atom stereocenters. The molecule has 0 radical (unpaired) electrons. The molecule has 2 aromatic rings. The molecule has 2 N–H and O–H groups in total. The van der Waals surface area contributed by atoms with Gasteiger partial charge in [-0.1, -0.05) is 111 Å². The van der Waals surface area contributed by atoms with Gasteiger partial charge < -0.3 is 10.1 Å². The van der Waals surface area contributed by atoms with Gasteiger partial charge in [0.25, 0.3) is 0 Å². The minimum absolute atomic E-state index is 0.485. The van der Waals surface area contributed by atoms with E-state index < -0.39 is 0 Å². The molecule has 1 fully saturated rings. The molecule has 0 saturated carbocycles. The van der Waals surface area contributed by atoms with Crippen LogP contribution in [-0.4, -0.2) is 19.3 Å². The molecule has 3 rings (SSSR count). The predicted molar refractivity (Wildman–Crippen MR) is 165 cm³/mol. The summed E-state index contributed by atoms with van der Waals surface area (Å²) in [6.45, 7) is 23.1. The zero-order valence-corrected chi connectivity index (χ0v) is 24.2. The second-order valence-electron chi connectivity index (χ2n) is 8.92. The zero-order valence-electron chi connectivity index (χ0n) is 22.7. The van der Waals surface area contributed by atoms with Crippen molar-refractivity contribution >= 4 is 23.2 Å². The normalized spacial score (nSPS) is 19.2. The van der Waals surface area contributed by atoms with Crippen molar-refractivity contribution in [1.29, 1.82) is 0 Å². The fourth-order valence-corrected chi connectivity index (χ4v) is 3.99. The molecule has 0 spiro atoms. The largest absolute Gasteiger partial charge is 0.375 e. The van der Waals surface area contributed by atoms with E-state index in [9.17, 15) is 0 Å². The smallest absolute Gasteiger partial charge is 0.112 e. The summed E-state index contributed by atoms with van der Waals surface area (Å²) in [5.41, 5.74) is 1.37. The highest BCUT2D eigenvalue weighted by Crippen LogP contribution is 2.23. The molecule has 2 nitrogen and oxygen atoms in total. The van der Waals surface area contributed by atoms with Crippen molar-refractivity contribution in [2.24, 2.45) is 11.8 Å². The first-order valence-electron chi connectivity index (χ1n) is 12.8. The second kappa shape index (κ2) is 22.8. The van der Waals surface area contributed by atoms with E-state index >= 15 is 0 Å². The molecule has 202 valence electrons. The summed E-state index contributed by atoms with van der Waals surface area (Å²) in [6.07, 6.45) is 12.5. The topological polar surface area (TPSA) is 25.8 Å². The van der Waals surface area contributed by atoms with E-state index in [1.807, 2.05) is 60.7 Å². The quantitative estimate of drug-likeness (QED) is 0.285. The third kappa shape index (κ3) is 16.9. The first-order chi connectivity index (χ1) is 17.9. The van der Waals surface area contributed by atoms with Crippen LogP contribution in [-0.2, 0) is 4.74 Å². The molecule has 2 aromatic carbocycles. The number of rotatable bonds is 6. The van der Waals surface area contributed by atoms with Crippen LogP contribution in [0.3, 0.4) is 0 Å². The van der Waals surface area contributed by atoms with Crippen LogP contribution >= 0.6 is 23.2 Å². The van der Waals surface area contributed by atoms with Crippen LogP contribution in [0.25, 0.3) is 0 Å². The molecule has 0 amide bonds. The fourth-order valence-electron chi connectivity index (χ4n) is 3.72. The second-order valence-corrected chi connectivity index (χ2v) is 9.79. The van der Waals surface area contributed by atoms with Gasteiger partial charge in [0.2, 0.25) is 0 Å². The van der Waals surface area contributed by atoms with Gasteiger partial charge in [0, 0.05) is 34.6 Å². The molecule has 1 aliphatic heterocycles. The highest BCUT2D eigenvalue weighted by atomic mass is 35.5. The fraction of sp³-hybridized carbons (Fsp3) is 0.333. The van der Waals surface area contributed by atoms with Gasteiger partial charge in [-0.25, -0.2) is 0 Å². The molecule has 0 aliphatic carbocycles. The number of nitrogens with two attached hydrogens (primary N) is 1. The minimum Gasteiger partial charge on any atom is -0.375 e. The van der Waals surface area contributed by atoms with Gasteiger partial charge in [-0.3, -0.25) is 0 Å². The average molecular weight is 544 g/mol. The maximum absolute atomic E-state index is 6.04. The Kier molecular flexibility index (Phi) is 21.4.